The molecule has 2 N–H and O–H groups in total. The first-order valence-electron chi connectivity index (χ1n) is 6.77. The van der Waals surface area contributed by atoms with Crippen LogP contribution in [0.5, 0.6) is 0 Å². The fraction of sp³-hybridized carbons (Fsp3) is 0.571. The molecule has 20 heavy (non-hydrogen) atoms. The summed E-state index contributed by atoms with van der Waals surface area (Å²) in [7, 11) is -3.69. The summed E-state index contributed by atoms with van der Waals surface area (Å²) in [5, 5.41) is 0. The van der Waals surface area contributed by atoms with E-state index in [0.29, 0.717) is 24.9 Å². The average molecular weight is 300 g/mol. The largest absolute Gasteiger partial charge is 0.399 e. The van der Waals surface area contributed by atoms with E-state index in [9.17, 15) is 12.8 Å². The van der Waals surface area contributed by atoms with Gasteiger partial charge in [0.25, 0.3) is 0 Å². The molecule has 6 heteroatoms. The molecule has 0 saturated carbocycles. The van der Waals surface area contributed by atoms with Crippen molar-refractivity contribution in [2.45, 2.75) is 32.1 Å². The van der Waals surface area contributed by atoms with E-state index in [-0.39, 0.29) is 16.1 Å². The van der Waals surface area contributed by atoms with Crippen LogP contribution in [0.2, 0.25) is 0 Å². The molecular weight excluding hydrogens is 279 g/mol. The highest BCUT2D eigenvalue weighted by atomic mass is 32.2. The van der Waals surface area contributed by atoms with Crippen LogP contribution in [0.15, 0.2) is 17.0 Å². The second-order valence-electron chi connectivity index (χ2n) is 5.89. The van der Waals surface area contributed by atoms with Crippen LogP contribution in [-0.4, -0.2) is 25.8 Å². The molecule has 0 radical (unpaired) electrons. The molecule has 0 aromatic heterocycles. The van der Waals surface area contributed by atoms with Crippen molar-refractivity contribution in [1.82, 2.24) is 4.31 Å². The van der Waals surface area contributed by atoms with Crippen LogP contribution in [0.1, 0.15) is 25.8 Å². The molecule has 2 rings (SSSR count). The summed E-state index contributed by atoms with van der Waals surface area (Å²) in [4.78, 5) is -0.0173. The van der Waals surface area contributed by atoms with E-state index in [1.807, 2.05) is 13.8 Å². The van der Waals surface area contributed by atoms with Gasteiger partial charge in [-0.25, -0.2) is 12.8 Å². The van der Waals surface area contributed by atoms with Crippen LogP contribution >= 0.6 is 0 Å². The van der Waals surface area contributed by atoms with E-state index < -0.39 is 15.8 Å². The number of rotatable bonds is 2. The summed E-state index contributed by atoms with van der Waals surface area (Å²) in [6.45, 7) is 6.49. The quantitative estimate of drug-likeness (QED) is 0.853. The number of hydrogen-bond donors (Lipinski definition) is 1. The zero-order chi connectivity index (χ0) is 15.1. The molecule has 0 spiro atoms. The topological polar surface area (TPSA) is 63.4 Å². The molecule has 112 valence electrons. The molecule has 0 amide bonds. The summed E-state index contributed by atoms with van der Waals surface area (Å²) in [5.74, 6) is 0.0288. The van der Waals surface area contributed by atoms with Gasteiger partial charge in [-0.05, 0) is 37.3 Å². The van der Waals surface area contributed by atoms with E-state index in [1.54, 1.807) is 0 Å². The molecule has 2 atom stereocenters. The summed E-state index contributed by atoms with van der Waals surface area (Å²) in [6, 6.07) is 2.49. The Hall–Kier alpha value is -1.14. The third-order valence-electron chi connectivity index (χ3n) is 3.77. The van der Waals surface area contributed by atoms with Gasteiger partial charge in [0, 0.05) is 24.3 Å². The minimum absolute atomic E-state index is 0.0173. The van der Waals surface area contributed by atoms with Gasteiger partial charge in [-0.3, -0.25) is 0 Å². The van der Waals surface area contributed by atoms with E-state index in [2.05, 4.69) is 0 Å². The molecule has 1 aliphatic heterocycles. The van der Waals surface area contributed by atoms with E-state index in [1.165, 1.54) is 17.3 Å². The fourth-order valence-electron chi connectivity index (χ4n) is 2.88. The highest BCUT2D eigenvalue weighted by Gasteiger charge is 2.33. The number of hydrogen-bond acceptors (Lipinski definition) is 3. The number of piperidine rings is 1. The van der Waals surface area contributed by atoms with Crippen LogP contribution in [0.4, 0.5) is 10.1 Å². The summed E-state index contributed by atoms with van der Waals surface area (Å²) >= 11 is 0. The van der Waals surface area contributed by atoms with Crippen molar-refractivity contribution in [2.24, 2.45) is 11.8 Å². The minimum Gasteiger partial charge on any atom is -0.399 e. The smallest absolute Gasteiger partial charge is 0.243 e. The van der Waals surface area contributed by atoms with Gasteiger partial charge in [0.05, 0.1) is 4.90 Å². The maximum absolute atomic E-state index is 13.7. The van der Waals surface area contributed by atoms with Crippen molar-refractivity contribution in [3.8, 4) is 0 Å². The third kappa shape index (κ3) is 2.81. The van der Waals surface area contributed by atoms with Crippen molar-refractivity contribution < 1.29 is 12.8 Å². The van der Waals surface area contributed by atoms with Crippen molar-refractivity contribution in [3.63, 3.8) is 0 Å². The highest BCUT2D eigenvalue weighted by Crippen LogP contribution is 2.29. The number of anilines is 1. The van der Waals surface area contributed by atoms with Gasteiger partial charge >= 0.3 is 0 Å². The van der Waals surface area contributed by atoms with Crippen molar-refractivity contribution >= 4 is 15.7 Å². The first kappa shape index (κ1) is 15.3. The number of sulfonamides is 1. The Bertz CT molecular complexity index is 606. The highest BCUT2D eigenvalue weighted by molar-refractivity contribution is 7.89. The molecule has 4 nitrogen and oxygen atoms in total. The lowest BCUT2D eigenvalue weighted by molar-refractivity contribution is 0.222. The molecule has 1 aromatic carbocycles. The van der Waals surface area contributed by atoms with Gasteiger partial charge in [-0.15, -0.1) is 0 Å². The van der Waals surface area contributed by atoms with Crippen LogP contribution in [0.3, 0.4) is 0 Å². The predicted molar refractivity (Wildman–Crippen MR) is 77.3 cm³/mol. The Balaban J connectivity index is 2.45. The van der Waals surface area contributed by atoms with Crippen LogP contribution < -0.4 is 5.73 Å². The summed E-state index contributed by atoms with van der Waals surface area (Å²) in [5.41, 5.74) is 5.85. The standard InChI is InChI=1S/C14H21FN2O2S/c1-9-4-10(2)8-17(7-9)20(18,19)14-6-12(16)5-13(15)11(14)3/h5-6,9-10H,4,7-8,16H2,1-3H3. The number of halogens is 1. The van der Waals surface area contributed by atoms with Gasteiger partial charge in [0.1, 0.15) is 5.82 Å². The Labute approximate surface area is 119 Å². The Morgan fingerprint density at radius 2 is 1.80 bits per heavy atom. The molecule has 1 heterocycles. The minimum atomic E-state index is -3.69. The van der Waals surface area contributed by atoms with E-state index in [0.717, 1.165) is 12.5 Å². The second kappa shape index (κ2) is 5.33. The molecule has 1 saturated heterocycles. The lowest BCUT2D eigenvalue weighted by atomic mass is 9.94. The van der Waals surface area contributed by atoms with Gasteiger partial charge in [0.15, 0.2) is 0 Å². The van der Waals surface area contributed by atoms with Gasteiger partial charge in [-0.1, -0.05) is 13.8 Å². The molecule has 1 aromatic rings. The lowest BCUT2D eigenvalue weighted by Crippen LogP contribution is -2.42. The number of nitrogen functional groups attached to an aromatic ring is 1. The SMILES string of the molecule is Cc1c(F)cc(N)cc1S(=O)(=O)N1CC(C)CC(C)C1. The number of benzene rings is 1. The molecule has 0 aliphatic carbocycles. The Morgan fingerprint density at radius 3 is 2.35 bits per heavy atom. The van der Waals surface area contributed by atoms with Crippen molar-refractivity contribution in [2.75, 3.05) is 18.8 Å². The van der Waals surface area contributed by atoms with Crippen LogP contribution in [0.25, 0.3) is 0 Å². The maximum atomic E-state index is 13.7. The maximum Gasteiger partial charge on any atom is 0.243 e. The summed E-state index contributed by atoms with van der Waals surface area (Å²) < 4.78 is 40.6. The molecule has 1 fully saturated rings. The van der Waals surface area contributed by atoms with Crippen LogP contribution in [0, 0.1) is 24.6 Å². The lowest BCUT2D eigenvalue weighted by Gasteiger charge is -2.34. The zero-order valence-electron chi connectivity index (χ0n) is 12.1. The van der Waals surface area contributed by atoms with E-state index in [4.69, 9.17) is 5.73 Å². The molecule has 1 aliphatic rings. The van der Waals surface area contributed by atoms with E-state index >= 15 is 0 Å². The Kier molecular flexibility index (Phi) is 4.07. The van der Waals surface area contributed by atoms with Crippen molar-refractivity contribution in [3.05, 3.63) is 23.5 Å². The van der Waals surface area contributed by atoms with Crippen LogP contribution in [-0.2, 0) is 10.0 Å². The first-order valence-corrected chi connectivity index (χ1v) is 8.21. The number of nitrogens with zero attached hydrogens (tertiary/aromatic N) is 1. The summed E-state index contributed by atoms with van der Waals surface area (Å²) in [6.07, 6.45) is 1.01. The monoisotopic (exact) mass is 300 g/mol. The zero-order valence-corrected chi connectivity index (χ0v) is 12.9. The molecule has 2 unspecified atom stereocenters. The molecular formula is C14H21FN2O2S. The number of nitrogens with two attached hydrogens (primary N) is 1. The normalized spacial score (nSPS) is 24.8. The first-order chi connectivity index (χ1) is 9.21. The fourth-order valence-corrected chi connectivity index (χ4v) is 4.83. The van der Waals surface area contributed by atoms with Crippen molar-refractivity contribution in [1.29, 1.82) is 0 Å². The third-order valence-corrected chi connectivity index (χ3v) is 5.73. The Morgan fingerprint density at radius 1 is 1.25 bits per heavy atom. The average Bonchev–Trinajstić information content (AvgIpc) is 2.32. The van der Waals surface area contributed by atoms with Gasteiger partial charge in [-0.2, -0.15) is 4.31 Å². The molecule has 0 bridgehead atoms. The van der Waals surface area contributed by atoms with Gasteiger partial charge < -0.3 is 5.73 Å². The van der Waals surface area contributed by atoms with Gasteiger partial charge in [0.2, 0.25) is 10.0 Å². The predicted octanol–water partition coefficient (Wildman–Crippen LogP) is 2.38. The second-order valence-corrected chi connectivity index (χ2v) is 7.80.